The maximum Gasteiger partial charge on any atom is 0.412 e. The number of ether oxygens (including phenoxy) is 1. The van der Waals surface area contributed by atoms with E-state index in [9.17, 15) is 4.79 Å². The zero-order valence-electron chi connectivity index (χ0n) is 8.76. The molecule has 0 unspecified atom stereocenters. The van der Waals surface area contributed by atoms with Crippen molar-refractivity contribution < 1.29 is 9.53 Å². The van der Waals surface area contributed by atoms with Gasteiger partial charge in [0.05, 0.1) is 6.10 Å². The zero-order chi connectivity index (χ0) is 10.3. The minimum absolute atomic E-state index is 0.0982. The number of hydrogen-bond acceptors (Lipinski definition) is 3. The molecule has 0 aliphatic carbocycles. The minimum atomic E-state index is -0.438. The maximum atomic E-state index is 11.0. The topological polar surface area (TPSA) is 50.7 Å². The fraction of sp³-hybridized carbons (Fsp3) is 0.778. The molecule has 0 saturated carbocycles. The van der Waals surface area contributed by atoms with E-state index in [1.54, 1.807) is 20.8 Å². The summed E-state index contributed by atoms with van der Waals surface area (Å²) in [7, 11) is 0. The third kappa shape index (κ3) is 7.31. The van der Waals surface area contributed by atoms with Crippen LogP contribution in [-0.4, -0.2) is 24.6 Å². The highest BCUT2D eigenvalue weighted by atomic mass is 16.6. The van der Waals surface area contributed by atoms with Gasteiger partial charge in [-0.05, 0) is 27.2 Å². The second-order valence-corrected chi connectivity index (χ2v) is 3.05. The Morgan fingerprint density at radius 1 is 1.54 bits per heavy atom. The fourth-order valence-corrected chi connectivity index (χ4v) is 0.710. The van der Waals surface area contributed by atoms with Gasteiger partial charge in [0.2, 0.25) is 0 Å². The van der Waals surface area contributed by atoms with Crippen LogP contribution in [0.1, 0.15) is 34.1 Å². The van der Waals surface area contributed by atoms with Gasteiger partial charge in [-0.15, -0.1) is 0 Å². The van der Waals surface area contributed by atoms with Gasteiger partial charge >= 0.3 is 6.09 Å². The summed E-state index contributed by atoms with van der Waals surface area (Å²) < 4.78 is 4.87. The molecule has 0 heterocycles. The molecule has 0 fully saturated rings. The van der Waals surface area contributed by atoms with Crippen molar-refractivity contribution >= 4 is 11.9 Å². The number of carbonyl (C=O) groups excluding carboxylic acids is 1. The molecule has 4 heteroatoms. The SMILES string of the molecule is CCCN=C(C)NC(=O)OC(C)C. The van der Waals surface area contributed by atoms with E-state index in [1.807, 2.05) is 6.92 Å². The van der Waals surface area contributed by atoms with Crippen molar-refractivity contribution in [3.05, 3.63) is 0 Å². The van der Waals surface area contributed by atoms with Crippen LogP contribution in [0.25, 0.3) is 0 Å². The number of hydrogen-bond donors (Lipinski definition) is 1. The molecule has 1 N–H and O–H groups in total. The van der Waals surface area contributed by atoms with E-state index < -0.39 is 6.09 Å². The van der Waals surface area contributed by atoms with Crippen LogP contribution in [0.15, 0.2) is 4.99 Å². The molecule has 0 aliphatic heterocycles. The van der Waals surface area contributed by atoms with Gasteiger partial charge in [-0.1, -0.05) is 6.92 Å². The number of aliphatic imine (C=N–C) groups is 1. The molecule has 0 atom stereocenters. The van der Waals surface area contributed by atoms with Gasteiger partial charge in [0.15, 0.2) is 0 Å². The lowest BCUT2D eigenvalue weighted by Crippen LogP contribution is -2.31. The number of alkyl carbamates (subject to hydrolysis) is 1. The Hall–Kier alpha value is -1.06. The highest BCUT2D eigenvalue weighted by Crippen LogP contribution is 1.88. The molecule has 0 radical (unpaired) electrons. The van der Waals surface area contributed by atoms with Crippen LogP contribution in [0.2, 0.25) is 0 Å². The van der Waals surface area contributed by atoms with Crippen LogP contribution in [0.3, 0.4) is 0 Å². The molecule has 0 rings (SSSR count). The Morgan fingerprint density at radius 2 is 2.15 bits per heavy atom. The fourth-order valence-electron chi connectivity index (χ4n) is 0.710. The molecule has 0 aromatic carbocycles. The first-order valence-corrected chi connectivity index (χ1v) is 4.55. The zero-order valence-corrected chi connectivity index (χ0v) is 8.76. The van der Waals surface area contributed by atoms with E-state index in [4.69, 9.17) is 4.74 Å². The summed E-state index contributed by atoms with van der Waals surface area (Å²) in [5.41, 5.74) is 0. The third-order valence-corrected chi connectivity index (χ3v) is 1.20. The summed E-state index contributed by atoms with van der Waals surface area (Å²) in [5, 5.41) is 2.53. The molecule has 76 valence electrons. The number of amides is 1. The third-order valence-electron chi connectivity index (χ3n) is 1.20. The van der Waals surface area contributed by atoms with Crippen molar-refractivity contribution in [1.82, 2.24) is 5.32 Å². The highest BCUT2D eigenvalue weighted by Gasteiger charge is 2.04. The van der Waals surface area contributed by atoms with Crippen molar-refractivity contribution in [3.8, 4) is 0 Å². The van der Waals surface area contributed by atoms with Crippen molar-refractivity contribution in [2.75, 3.05) is 6.54 Å². The number of amidine groups is 1. The summed E-state index contributed by atoms with van der Waals surface area (Å²) in [6.45, 7) is 8.12. The molecule has 0 spiro atoms. The molecular weight excluding hydrogens is 168 g/mol. The first-order chi connectivity index (χ1) is 6.06. The van der Waals surface area contributed by atoms with E-state index in [1.165, 1.54) is 0 Å². The molecule has 0 bridgehead atoms. The molecular formula is C9H18N2O2. The Kier molecular flexibility index (Phi) is 5.93. The molecule has 0 aliphatic rings. The molecule has 0 aromatic heterocycles. The smallest absolute Gasteiger partial charge is 0.412 e. The van der Waals surface area contributed by atoms with E-state index in [-0.39, 0.29) is 6.10 Å². The monoisotopic (exact) mass is 186 g/mol. The molecule has 13 heavy (non-hydrogen) atoms. The lowest BCUT2D eigenvalue weighted by Gasteiger charge is -2.08. The van der Waals surface area contributed by atoms with Crippen molar-refractivity contribution in [2.45, 2.75) is 40.2 Å². The van der Waals surface area contributed by atoms with E-state index in [0.717, 1.165) is 13.0 Å². The van der Waals surface area contributed by atoms with Gasteiger partial charge in [0, 0.05) is 6.54 Å². The van der Waals surface area contributed by atoms with Crippen LogP contribution < -0.4 is 5.32 Å². The van der Waals surface area contributed by atoms with Gasteiger partial charge in [0.25, 0.3) is 0 Å². The average molecular weight is 186 g/mol. The van der Waals surface area contributed by atoms with Gasteiger partial charge in [-0.25, -0.2) is 4.79 Å². The summed E-state index contributed by atoms with van der Waals surface area (Å²) >= 11 is 0. The molecule has 0 aromatic rings. The Balaban J connectivity index is 3.77. The minimum Gasteiger partial charge on any atom is -0.447 e. The predicted octanol–water partition coefficient (Wildman–Crippen LogP) is 1.95. The summed E-state index contributed by atoms with van der Waals surface area (Å²) in [6.07, 6.45) is 0.435. The van der Waals surface area contributed by atoms with Crippen LogP contribution in [0, 0.1) is 0 Å². The Bertz CT molecular complexity index is 188. The number of nitrogens with one attached hydrogen (secondary N) is 1. The summed E-state index contributed by atoms with van der Waals surface area (Å²) in [6, 6.07) is 0. The Labute approximate surface area is 79.4 Å². The van der Waals surface area contributed by atoms with Gasteiger partial charge < -0.3 is 4.74 Å². The van der Waals surface area contributed by atoms with Crippen molar-refractivity contribution in [1.29, 1.82) is 0 Å². The lowest BCUT2D eigenvalue weighted by molar-refractivity contribution is 0.120. The average Bonchev–Trinajstić information content (AvgIpc) is 1.98. The van der Waals surface area contributed by atoms with E-state index in [2.05, 4.69) is 10.3 Å². The van der Waals surface area contributed by atoms with Gasteiger partial charge in [-0.2, -0.15) is 0 Å². The van der Waals surface area contributed by atoms with Crippen LogP contribution in [-0.2, 0) is 4.74 Å². The summed E-state index contributed by atoms with van der Waals surface area (Å²) in [4.78, 5) is 15.1. The normalized spacial score (nSPS) is 11.6. The van der Waals surface area contributed by atoms with Gasteiger partial charge in [0.1, 0.15) is 5.84 Å². The second kappa shape index (κ2) is 6.46. The Morgan fingerprint density at radius 3 is 2.62 bits per heavy atom. The quantitative estimate of drug-likeness (QED) is 0.541. The largest absolute Gasteiger partial charge is 0.447 e. The summed E-state index contributed by atoms with van der Waals surface area (Å²) in [5.74, 6) is 0.604. The first kappa shape index (κ1) is 11.9. The lowest BCUT2D eigenvalue weighted by atomic mass is 10.5. The molecule has 1 amide bonds. The van der Waals surface area contributed by atoms with Crippen molar-refractivity contribution in [3.63, 3.8) is 0 Å². The van der Waals surface area contributed by atoms with E-state index in [0.29, 0.717) is 5.84 Å². The first-order valence-electron chi connectivity index (χ1n) is 4.55. The van der Waals surface area contributed by atoms with E-state index >= 15 is 0 Å². The number of rotatable bonds is 3. The predicted molar refractivity (Wildman–Crippen MR) is 53.0 cm³/mol. The molecule has 4 nitrogen and oxygen atoms in total. The maximum absolute atomic E-state index is 11.0. The molecule has 0 saturated heterocycles. The van der Waals surface area contributed by atoms with Crippen molar-refractivity contribution in [2.24, 2.45) is 4.99 Å². The van der Waals surface area contributed by atoms with Crippen LogP contribution in [0.4, 0.5) is 4.79 Å². The number of nitrogens with zero attached hydrogens (tertiary/aromatic N) is 1. The van der Waals surface area contributed by atoms with Crippen LogP contribution in [0.5, 0.6) is 0 Å². The number of carbonyl (C=O) groups is 1. The van der Waals surface area contributed by atoms with Gasteiger partial charge in [-0.3, -0.25) is 10.3 Å². The standard InChI is InChI=1S/C9H18N2O2/c1-5-6-10-8(4)11-9(12)13-7(2)3/h7H,5-6H2,1-4H3,(H,10,11,12). The second-order valence-electron chi connectivity index (χ2n) is 3.05. The van der Waals surface area contributed by atoms with Crippen LogP contribution >= 0.6 is 0 Å². The highest BCUT2D eigenvalue weighted by molar-refractivity contribution is 5.93.